The highest BCUT2D eigenvalue weighted by atomic mass is 32.2. The molecular formula is C18H24N6O2S. The number of H-pyrrole nitrogens is 1. The zero-order chi connectivity index (χ0) is 18.8. The lowest BCUT2D eigenvalue weighted by Crippen LogP contribution is -2.35. The smallest absolute Gasteiger partial charge is 0.214 e. The fourth-order valence-electron chi connectivity index (χ4n) is 4.55. The maximum Gasteiger partial charge on any atom is 0.214 e. The van der Waals surface area contributed by atoms with Gasteiger partial charge in [-0.2, -0.15) is 0 Å². The van der Waals surface area contributed by atoms with E-state index >= 15 is 0 Å². The summed E-state index contributed by atoms with van der Waals surface area (Å²) in [7, 11) is -3.19. The highest BCUT2D eigenvalue weighted by molar-refractivity contribution is 7.90. The summed E-state index contributed by atoms with van der Waals surface area (Å²) in [4.78, 5) is 7.52. The molecule has 0 amide bonds. The minimum absolute atomic E-state index is 0.0381. The molecule has 3 aromatic heterocycles. The van der Waals surface area contributed by atoms with Gasteiger partial charge >= 0.3 is 0 Å². The van der Waals surface area contributed by atoms with Crippen molar-refractivity contribution in [3.8, 4) is 0 Å². The van der Waals surface area contributed by atoms with Crippen LogP contribution in [0.4, 0.5) is 0 Å². The van der Waals surface area contributed by atoms with Gasteiger partial charge in [-0.3, -0.25) is 4.40 Å². The van der Waals surface area contributed by atoms with Crippen LogP contribution < -0.4 is 4.72 Å². The fourth-order valence-corrected chi connectivity index (χ4v) is 6.15. The third kappa shape index (κ3) is 2.84. The summed E-state index contributed by atoms with van der Waals surface area (Å²) in [6.45, 7) is 4.40. The molecule has 0 saturated heterocycles. The molecule has 2 N–H and O–H groups in total. The Morgan fingerprint density at radius 2 is 2.07 bits per heavy atom. The first-order chi connectivity index (χ1) is 12.9. The average molecular weight is 388 g/mol. The molecule has 0 aromatic carbocycles. The number of nitrogens with zero attached hydrogens (tertiary/aromatic N) is 4. The topological polar surface area (TPSA) is 105 Å². The van der Waals surface area contributed by atoms with Gasteiger partial charge in [0.05, 0.1) is 17.0 Å². The van der Waals surface area contributed by atoms with Crippen LogP contribution in [0.25, 0.3) is 16.8 Å². The van der Waals surface area contributed by atoms with Crippen molar-refractivity contribution in [2.75, 3.05) is 0 Å². The lowest BCUT2D eigenvalue weighted by Gasteiger charge is -2.21. The number of fused-ring (bicyclic) bond motifs is 3. The van der Waals surface area contributed by atoms with E-state index in [1.165, 1.54) is 0 Å². The summed E-state index contributed by atoms with van der Waals surface area (Å²) in [6, 6.07) is 1.94. The van der Waals surface area contributed by atoms with E-state index in [-0.39, 0.29) is 17.2 Å². The summed E-state index contributed by atoms with van der Waals surface area (Å²) in [5.41, 5.74) is 2.48. The molecule has 5 rings (SSSR count). The van der Waals surface area contributed by atoms with Crippen molar-refractivity contribution in [2.45, 2.75) is 56.7 Å². The maximum absolute atomic E-state index is 12.4. The van der Waals surface area contributed by atoms with Crippen molar-refractivity contribution in [1.82, 2.24) is 29.3 Å². The maximum atomic E-state index is 12.4. The largest absolute Gasteiger partial charge is 0.345 e. The van der Waals surface area contributed by atoms with E-state index in [9.17, 15) is 8.42 Å². The molecule has 2 fully saturated rings. The van der Waals surface area contributed by atoms with Crippen LogP contribution in [-0.2, 0) is 10.0 Å². The zero-order valence-electron chi connectivity index (χ0n) is 15.5. The molecule has 2 aliphatic carbocycles. The van der Waals surface area contributed by atoms with Crippen LogP contribution in [0.5, 0.6) is 0 Å². The molecule has 2 aliphatic rings. The summed E-state index contributed by atoms with van der Waals surface area (Å²) in [5.74, 6) is 1.85. The lowest BCUT2D eigenvalue weighted by molar-refractivity contribution is 0.345. The van der Waals surface area contributed by atoms with Crippen molar-refractivity contribution in [2.24, 2.45) is 11.8 Å². The normalized spacial score (nSPS) is 26.6. The van der Waals surface area contributed by atoms with Crippen molar-refractivity contribution in [3.63, 3.8) is 0 Å². The molecular weight excluding hydrogens is 364 g/mol. The molecule has 3 atom stereocenters. The second-order valence-corrected chi connectivity index (χ2v) is 10.3. The molecule has 0 bridgehead atoms. The second-order valence-electron chi connectivity index (χ2n) is 8.27. The summed E-state index contributed by atoms with van der Waals surface area (Å²) < 4.78 is 29.9. The van der Waals surface area contributed by atoms with Crippen LogP contribution in [-0.4, -0.2) is 44.3 Å². The standard InChI is InChI=1S/C18H24N6O2S/c1-10(2)13-7-11(23-27(25,26)12-3-4-12)8-14(13)18-22-21-16-9-20-17-15(24(16)18)5-6-19-17/h5-6,9-14,19,23H,3-4,7-8H2,1-2H3/t11-,13-,14-/m1/s1. The lowest BCUT2D eigenvalue weighted by atomic mass is 9.85. The van der Waals surface area contributed by atoms with E-state index in [1.54, 1.807) is 6.20 Å². The van der Waals surface area contributed by atoms with Gasteiger partial charge in [0.25, 0.3) is 0 Å². The first-order valence-electron chi connectivity index (χ1n) is 9.62. The van der Waals surface area contributed by atoms with E-state index in [4.69, 9.17) is 0 Å². The van der Waals surface area contributed by atoms with Crippen molar-refractivity contribution in [1.29, 1.82) is 0 Å². The zero-order valence-corrected chi connectivity index (χ0v) is 16.3. The molecule has 0 spiro atoms. The highest BCUT2D eigenvalue weighted by Gasteiger charge is 2.43. The number of aromatic nitrogens is 5. The Kier molecular flexibility index (Phi) is 3.80. The van der Waals surface area contributed by atoms with Crippen molar-refractivity contribution >= 4 is 26.8 Å². The summed E-state index contributed by atoms with van der Waals surface area (Å²) in [5, 5.41) is 8.64. The van der Waals surface area contributed by atoms with Crippen molar-refractivity contribution in [3.05, 3.63) is 24.3 Å². The summed E-state index contributed by atoms with van der Waals surface area (Å²) in [6.07, 6.45) is 6.75. The van der Waals surface area contributed by atoms with Gasteiger partial charge < -0.3 is 4.98 Å². The van der Waals surface area contributed by atoms with Crippen LogP contribution in [0.15, 0.2) is 18.5 Å². The van der Waals surface area contributed by atoms with Gasteiger partial charge in [0.2, 0.25) is 10.0 Å². The van der Waals surface area contributed by atoms with E-state index < -0.39 is 10.0 Å². The Bertz CT molecular complexity index is 1100. The van der Waals surface area contributed by atoms with E-state index in [2.05, 4.69) is 43.1 Å². The summed E-state index contributed by atoms with van der Waals surface area (Å²) >= 11 is 0. The monoisotopic (exact) mass is 388 g/mol. The van der Waals surface area contributed by atoms with Crippen LogP contribution in [0.2, 0.25) is 0 Å². The predicted molar refractivity (Wildman–Crippen MR) is 102 cm³/mol. The molecule has 144 valence electrons. The SMILES string of the molecule is CC(C)[C@H]1C[C@@H](NS(=O)(=O)C2CC2)C[C@H]1c1nnc2cnc3[nH]ccc3n12. The average Bonchev–Trinajstić information content (AvgIpc) is 3.05. The van der Waals surface area contributed by atoms with Crippen LogP contribution in [0.1, 0.15) is 51.3 Å². The van der Waals surface area contributed by atoms with Gasteiger partial charge in [-0.1, -0.05) is 13.8 Å². The Hall–Kier alpha value is -2.00. The fraction of sp³-hybridized carbons (Fsp3) is 0.611. The van der Waals surface area contributed by atoms with Gasteiger partial charge in [0.15, 0.2) is 11.3 Å². The first-order valence-corrected chi connectivity index (χ1v) is 11.2. The highest BCUT2D eigenvalue weighted by Crippen LogP contribution is 2.44. The Labute approximate surface area is 157 Å². The second kappa shape index (κ2) is 6.00. The van der Waals surface area contributed by atoms with E-state index in [1.807, 2.05) is 12.3 Å². The van der Waals surface area contributed by atoms with E-state index in [0.717, 1.165) is 48.3 Å². The molecule has 3 heterocycles. The first kappa shape index (κ1) is 17.1. The van der Waals surface area contributed by atoms with Gasteiger partial charge in [-0.05, 0) is 43.6 Å². The van der Waals surface area contributed by atoms with Crippen LogP contribution in [0.3, 0.4) is 0 Å². The van der Waals surface area contributed by atoms with Gasteiger partial charge in [-0.15, -0.1) is 10.2 Å². The predicted octanol–water partition coefficient (Wildman–Crippen LogP) is 2.21. The number of hydrogen-bond donors (Lipinski definition) is 2. The minimum Gasteiger partial charge on any atom is -0.345 e. The van der Waals surface area contributed by atoms with Crippen LogP contribution in [0, 0.1) is 11.8 Å². The molecule has 0 radical (unpaired) electrons. The number of hydrogen-bond acceptors (Lipinski definition) is 5. The molecule has 27 heavy (non-hydrogen) atoms. The van der Waals surface area contributed by atoms with Crippen molar-refractivity contribution < 1.29 is 8.42 Å². The molecule has 9 heteroatoms. The third-order valence-corrected chi connectivity index (χ3v) is 8.07. The van der Waals surface area contributed by atoms with E-state index in [0.29, 0.717) is 11.8 Å². The van der Waals surface area contributed by atoms with Gasteiger partial charge in [0, 0.05) is 18.2 Å². The van der Waals surface area contributed by atoms with Crippen LogP contribution >= 0.6 is 0 Å². The molecule has 3 aromatic rings. The Morgan fingerprint density at radius 3 is 2.81 bits per heavy atom. The Balaban J connectivity index is 1.53. The molecule has 0 aliphatic heterocycles. The third-order valence-electron chi connectivity index (χ3n) is 6.06. The molecule has 2 saturated carbocycles. The Morgan fingerprint density at radius 1 is 1.26 bits per heavy atom. The number of aromatic amines is 1. The number of rotatable bonds is 5. The van der Waals surface area contributed by atoms with Gasteiger partial charge in [0.1, 0.15) is 5.82 Å². The quantitative estimate of drug-likeness (QED) is 0.697. The number of nitrogens with one attached hydrogen (secondary N) is 2. The van der Waals surface area contributed by atoms with Gasteiger partial charge in [-0.25, -0.2) is 18.1 Å². The molecule has 8 nitrogen and oxygen atoms in total. The minimum atomic E-state index is -3.19. The number of sulfonamides is 1. The molecule has 0 unspecified atom stereocenters.